The maximum atomic E-state index is 12.5. The van der Waals surface area contributed by atoms with Gasteiger partial charge in [0.2, 0.25) is 0 Å². The quantitative estimate of drug-likeness (QED) is 0.670. The number of hydrogen-bond donors (Lipinski definition) is 1. The molecule has 0 aliphatic carbocycles. The van der Waals surface area contributed by atoms with E-state index in [9.17, 15) is 4.79 Å². The molecule has 1 amide bonds. The molecule has 2 aromatic heterocycles. The van der Waals surface area contributed by atoms with E-state index in [1.54, 1.807) is 24.0 Å². The Morgan fingerprint density at radius 1 is 1.33 bits per heavy atom. The van der Waals surface area contributed by atoms with Crippen LogP contribution in [0.15, 0.2) is 35.1 Å². The summed E-state index contributed by atoms with van der Waals surface area (Å²) in [5.74, 6) is 1.01. The van der Waals surface area contributed by atoms with Crippen LogP contribution in [0.2, 0.25) is 5.02 Å². The van der Waals surface area contributed by atoms with Crippen LogP contribution in [-0.2, 0) is 13.2 Å². The number of hydrogen-bond acceptors (Lipinski definition) is 5. The summed E-state index contributed by atoms with van der Waals surface area (Å²) in [7, 11) is 0. The molecule has 0 bridgehead atoms. The van der Waals surface area contributed by atoms with Gasteiger partial charge >= 0.3 is 0 Å². The number of benzene rings is 1. The summed E-state index contributed by atoms with van der Waals surface area (Å²) in [6.07, 6.45) is 3.24. The Labute approximate surface area is 162 Å². The largest absolute Gasteiger partial charge is 0.488 e. The maximum Gasteiger partial charge on any atom is 0.273 e. The SMILES string of the molecule is Cc1ccc(OCc2c(C(=O)NCCn3cc(Cl)cn3)noc2C)c(C)c1. The van der Waals surface area contributed by atoms with Gasteiger partial charge in [-0.2, -0.15) is 5.10 Å². The predicted octanol–water partition coefficient (Wildman–Crippen LogP) is 3.46. The molecule has 3 rings (SSSR count). The van der Waals surface area contributed by atoms with Crippen molar-refractivity contribution in [2.45, 2.75) is 33.9 Å². The molecule has 0 radical (unpaired) electrons. The lowest BCUT2D eigenvalue weighted by molar-refractivity contribution is 0.0940. The first-order valence-electron chi connectivity index (χ1n) is 8.55. The van der Waals surface area contributed by atoms with Crippen molar-refractivity contribution in [3.05, 3.63) is 63.8 Å². The summed E-state index contributed by atoms with van der Waals surface area (Å²) < 4.78 is 12.7. The van der Waals surface area contributed by atoms with Gasteiger partial charge in [-0.05, 0) is 32.4 Å². The van der Waals surface area contributed by atoms with Gasteiger partial charge in [0.05, 0.1) is 23.3 Å². The number of nitrogens with zero attached hydrogens (tertiary/aromatic N) is 3. The van der Waals surface area contributed by atoms with Crippen LogP contribution in [0, 0.1) is 20.8 Å². The molecule has 1 N–H and O–H groups in total. The van der Waals surface area contributed by atoms with Crippen molar-refractivity contribution in [2.75, 3.05) is 6.54 Å². The highest BCUT2D eigenvalue weighted by Crippen LogP contribution is 2.22. The predicted molar refractivity (Wildman–Crippen MR) is 101 cm³/mol. The van der Waals surface area contributed by atoms with Crippen molar-refractivity contribution in [3.8, 4) is 5.75 Å². The minimum absolute atomic E-state index is 0.205. The number of carbonyl (C=O) groups is 1. The second-order valence-electron chi connectivity index (χ2n) is 6.30. The number of rotatable bonds is 7. The third kappa shape index (κ3) is 4.68. The summed E-state index contributed by atoms with van der Waals surface area (Å²) in [6, 6.07) is 5.95. The zero-order chi connectivity index (χ0) is 19.4. The van der Waals surface area contributed by atoms with E-state index >= 15 is 0 Å². The molecule has 7 nitrogen and oxygen atoms in total. The Morgan fingerprint density at radius 2 is 2.15 bits per heavy atom. The zero-order valence-corrected chi connectivity index (χ0v) is 16.2. The number of carbonyl (C=O) groups excluding carboxylic acids is 1. The number of nitrogens with one attached hydrogen (secondary N) is 1. The van der Waals surface area contributed by atoms with Crippen molar-refractivity contribution in [2.24, 2.45) is 0 Å². The van der Waals surface area contributed by atoms with E-state index in [1.807, 2.05) is 32.0 Å². The van der Waals surface area contributed by atoms with Crippen molar-refractivity contribution in [1.29, 1.82) is 0 Å². The third-order valence-corrected chi connectivity index (χ3v) is 4.33. The molecular weight excluding hydrogens is 368 g/mol. The molecule has 142 valence electrons. The summed E-state index contributed by atoms with van der Waals surface area (Å²) in [6.45, 7) is 6.87. The highest BCUT2D eigenvalue weighted by molar-refractivity contribution is 6.30. The van der Waals surface area contributed by atoms with Gasteiger partial charge in [-0.25, -0.2) is 0 Å². The first-order valence-corrected chi connectivity index (χ1v) is 8.93. The lowest BCUT2D eigenvalue weighted by Gasteiger charge is -2.10. The fraction of sp³-hybridized carbons (Fsp3) is 0.316. The molecule has 0 saturated heterocycles. The van der Waals surface area contributed by atoms with E-state index in [0.29, 0.717) is 29.4 Å². The van der Waals surface area contributed by atoms with E-state index < -0.39 is 0 Å². The molecule has 0 aliphatic heterocycles. The Kier molecular flexibility index (Phi) is 5.81. The van der Waals surface area contributed by atoms with Crippen LogP contribution in [0.4, 0.5) is 0 Å². The first-order chi connectivity index (χ1) is 12.9. The molecule has 0 atom stereocenters. The second kappa shape index (κ2) is 8.26. The van der Waals surface area contributed by atoms with Gasteiger partial charge in [-0.1, -0.05) is 34.5 Å². The Hall–Kier alpha value is -2.80. The molecule has 0 fully saturated rings. The standard InChI is InChI=1S/C19H21ClN4O3/c1-12-4-5-17(13(2)8-12)26-11-16-14(3)27-23-18(16)19(25)21-6-7-24-10-15(20)9-22-24/h4-5,8-10H,6-7,11H2,1-3H3,(H,21,25). The molecule has 2 heterocycles. The number of aromatic nitrogens is 3. The second-order valence-corrected chi connectivity index (χ2v) is 6.74. The van der Waals surface area contributed by atoms with Crippen LogP contribution in [-0.4, -0.2) is 27.4 Å². The highest BCUT2D eigenvalue weighted by Gasteiger charge is 2.20. The van der Waals surface area contributed by atoms with Gasteiger partial charge in [0.1, 0.15) is 18.1 Å². The molecule has 0 unspecified atom stereocenters. The van der Waals surface area contributed by atoms with Crippen LogP contribution in [0.5, 0.6) is 5.75 Å². The fourth-order valence-electron chi connectivity index (χ4n) is 2.68. The topological polar surface area (TPSA) is 82.2 Å². The van der Waals surface area contributed by atoms with E-state index in [4.69, 9.17) is 20.9 Å². The average molecular weight is 389 g/mol. The zero-order valence-electron chi connectivity index (χ0n) is 15.5. The smallest absolute Gasteiger partial charge is 0.273 e. The lowest BCUT2D eigenvalue weighted by Crippen LogP contribution is -2.28. The lowest BCUT2D eigenvalue weighted by atomic mass is 10.1. The first kappa shape index (κ1) is 19.0. The summed E-state index contributed by atoms with van der Waals surface area (Å²) in [5.41, 5.74) is 3.07. The number of amides is 1. The van der Waals surface area contributed by atoms with Crippen molar-refractivity contribution >= 4 is 17.5 Å². The van der Waals surface area contributed by atoms with Crippen LogP contribution >= 0.6 is 11.6 Å². The number of ether oxygens (including phenoxy) is 1. The van der Waals surface area contributed by atoms with Crippen molar-refractivity contribution < 1.29 is 14.1 Å². The van der Waals surface area contributed by atoms with Crippen molar-refractivity contribution in [3.63, 3.8) is 0 Å². The molecule has 3 aromatic rings. The van der Waals surface area contributed by atoms with Gasteiger partial charge in [-0.3, -0.25) is 9.48 Å². The molecule has 0 saturated carbocycles. The van der Waals surface area contributed by atoms with Gasteiger partial charge in [0.15, 0.2) is 5.69 Å². The molecule has 0 aliphatic rings. The molecule has 27 heavy (non-hydrogen) atoms. The summed E-state index contributed by atoms with van der Waals surface area (Å²) >= 11 is 5.82. The summed E-state index contributed by atoms with van der Waals surface area (Å²) in [4.78, 5) is 12.5. The monoisotopic (exact) mass is 388 g/mol. The van der Waals surface area contributed by atoms with Gasteiger partial charge < -0.3 is 14.6 Å². The number of halogens is 1. The van der Waals surface area contributed by atoms with Crippen LogP contribution in [0.25, 0.3) is 0 Å². The number of aryl methyl sites for hydroxylation is 3. The van der Waals surface area contributed by atoms with E-state index in [0.717, 1.165) is 11.3 Å². The molecular formula is C19H21ClN4O3. The molecule has 0 spiro atoms. The van der Waals surface area contributed by atoms with Crippen molar-refractivity contribution in [1.82, 2.24) is 20.3 Å². The van der Waals surface area contributed by atoms with E-state index in [2.05, 4.69) is 15.6 Å². The Morgan fingerprint density at radius 3 is 2.85 bits per heavy atom. The van der Waals surface area contributed by atoms with Gasteiger partial charge in [-0.15, -0.1) is 0 Å². The average Bonchev–Trinajstić information content (AvgIpc) is 3.20. The minimum atomic E-state index is -0.315. The minimum Gasteiger partial charge on any atom is -0.488 e. The highest BCUT2D eigenvalue weighted by atomic mass is 35.5. The maximum absolute atomic E-state index is 12.5. The molecule has 1 aromatic carbocycles. The third-order valence-electron chi connectivity index (χ3n) is 4.13. The Bertz CT molecular complexity index is 948. The normalized spacial score (nSPS) is 10.8. The van der Waals surface area contributed by atoms with Gasteiger partial charge in [0.25, 0.3) is 5.91 Å². The summed E-state index contributed by atoms with van der Waals surface area (Å²) in [5, 5.41) is 11.3. The van der Waals surface area contributed by atoms with Crippen LogP contribution in [0.3, 0.4) is 0 Å². The Balaban J connectivity index is 1.62. The van der Waals surface area contributed by atoms with E-state index in [1.165, 1.54) is 5.56 Å². The van der Waals surface area contributed by atoms with Crippen LogP contribution < -0.4 is 10.1 Å². The van der Waals surface area contributed by atoms with Crippen LogP contribution in [0.1, 0.15) is 32.9 Å². The fourth-order valence-corrected chi connectivity index (χ4v) is 2.84. The molecule has 8 heteroatoms. The van der Waals surface area contributed by atoms with E-state index in [-0.39, 0.29) is 18.2 Å². The van der Waals surface area contributed by atoms with Gasteiger partial charge in [0, 0.05) is 12.7 Å².